The second kappa shape index (κ2) is 6.69. The van der Waals surface area contributed by atoms with Gasteiger partial charge >= 0.3 is 5.69 Å². The van der Waals surface area contributed by atoms with E-state index in [0.717, 1.165) is 57.2 Å². The quantitative estimate of drug-likeness (QED) is 0.873. The van der Waals surface area contributed by atoms with E-state index in [0.29, 0.717) is 18.3 Å². The molecule has 0 atom stereocenters. The number of aromatic nitrogens is 5. The number of fused-ring (bicyclic) bond motifs is 1. The normalized spacial score (nSPS) is 19.1. The molecule has 0 radical (unpaired) electrons. The molecule has 1 amide bonds. The SMILES string of the molecule is Cc1nc(C2(NC(=O)Cn3nc4n(c3=O)CCCCC4)CCCC2)no1. The first kappa shape index (κ1) is 17.0. The lowest BCUT2D eigenvalue weighted by molar-refractivity contribution is -0.124. The number of rotatable bonds is 4. The lowest BCUT2D eigenvalue weighted by atomic mass is 9.96. The first-order valence-electron chi connectivity index (χ1n) is 9.36. The highest BCUT2D eigenvalue weighted by molar-refractivity contribution is 5.76. The van der Waals surface area contributed by atoms with E-state index >= 15 is 0 Å². The predicted octanol–water partition coefficient (Wildman–Crippen LogP) is 1.05. The average molecular weight is 360 g/mol. The minimum Gasteiger partial charge on any atom is -0.342 e. The van der Waals surface area contributed by atoms with Gasteiger partial charge < -0.3 is 9.84 Å². The molecule has 1 fully saturated rings. The number of nitrogens with one attached hydrogen (secondary N) is 1. The van der Waals surface area contributed by atoms with E-state index in [1.807, 2.05) is 0 Å². The number of amides is 1. The highest BCUT2D eigenvalue weighted by Crippen LogP contribution is 2.37. The molecule has 2 aromatic heterocycles. The summed E-state index contributed by atoms with van der Waals surface area (Å²) in [4.78, 5) is 29.5. The highest BCUT2D eigenvalue weighted by Gasteiger charge is 2.41. The van der Waals surface area contributed by atoms with Crippen LogP contribution in [-0.4, -0.2) is 30.4 Å². The first-order valence-corrected chi connectivity index (χ1v) is 9.36. The molecule has 9 heteroatoms. The smallest absolute Gasteiger partial charge is 0.342 e. The molecular weight excluding hydrogens is 336 g/mol. The molecule has 1 aliphatic heterocycles. The first-order chi connectivity index (χ1) is 12.6. The summed E-state index contributed by atoms with van der Waals surface area (Å²) in [5, 5.41) is 11.5. The molecule has 0 unspecified atom stereocenters. The van der Waals surface area contributed by atoms with E-state index in [9.17, 15) is 9.59 Å². The minimum atomic E-state index is -0.602. The van der Waals surface area contributed by atoms with Crippen LogP contribution in [0.4, 0.5) is 0 Å². The molecule has 2 aliphatic rings. The standard InChI is InChI=1S/C17H24N6O3/c1-12-18-15(21-26-12)17(8-4-5-9-17)19-14(24)11-23-16(25)22-10-6-2-3-7-13(22)20-23/h2-11H2,1H3,(H,19,24). The Morgan fingerprint density at radius 1 is 1.23 bits per heavy atom. The Morgan fingerprint density at radius 2 is 2.04 bits per heavy atom. The van der Waals surface area contributed by atoms with Crippen molar-refractivity contribution >= 4 is 5.91 Å². The molecule has 1 saturated carbocycles. The van der Waals surface area contributed by atoms with Crippen molar-refractivity contribution in [3.05, 3.63) is 28.0 Å². The zero-order valence-electron chi connectivity index (χ0n) is 15.0. The fraction of sp³-hybridized carbons (Fsp3) is 0.706. The van der Waals surface area contributed by atoms with E-state index in [4.69, 9.17) is 4.52 Å². The van der Waals surface area contributed by atoms with Gasteiger partial charge in [-0.1, -0.05) is 24.4 Å². The number of hydrogen-bond acceptors (Lipinski definition) is 6. The summed E-state index contributed by atoms with van der Waals surface area (Å²) in [6.07, 6.45) is 7.43. The van der Waals surface area contributed by atoms with Crippen molar-refractivity contribution in [2.75, 3.05) is 0 Å². The summed E-state index contributed by atoms with van der Waals surface area (Å²) in [5.74, 6) is 1.54. The van der Waals surface area contributed by atoms with E-state index in [1.54, 1.807) is 11.5 Å². The lowest BCUT2D eigenvalue weighted by Crippen LogP contribution is -2.47. The molecule has 1 N–H and O–H groups in total. The average Bonchev–Trinajstić information content (AvgIpc) is 3.27. The van der Waals surface area contributed by atoms with Crippen LogP contribution in [0.5, 0.6) is 0 Å². The third kappa shape index (κ3) is 3.06. The lowest BCUT2D eigenvalue weighted by Gasteiger charge is -2.26. The van der Waals surface area contributed by atoms with Crippen molar-refractivity contribution in [1.82, 2.24) is 29.8 Å². The van der Waals surface area contributed by atoms with Gasteiger partial charge in [0.2, 0.25) is 11.8 Å². The van der Waals surface area contributed by atoms with Gasteiger partial charge in [0.05, 0.1) is 0 Å². The fourth-order valence-corrected chi connectivity index (χ4v) is 4.05. The van der Waals surface area contributed by atoms with E-state index in [1.165, 1.54) is 4.68 Å². The third-order valence-electron chi connectivity index (χ3n) is 5.37. The molecule has 26 heavy (non-hydrogen) atoms. The molecular formula is C17H24N6O3. The minimum absolute atomic E-state index is 0.0859. The predicted molar refractivity (Wildman–Crippen MR) is 91.4 cm³/mol. The van der Waals surface area contributed by atoms with E-state index in [-0.39, 0.29) is 18.1 Å². The van der Waals surface area contributed by atoms with Crippen LogP contribution in [0.15, 0.2) is 9.32 Å². The second-order valence-corrected chi connectivity index (χ2v) is 7.29. The van der Waals surface area contributed by atoms with Crippen molar-refractivity contribution in [2.45, 2.75) is 76.9 Å². The Balaban J connectivity index is 1.52. The van der Waals surface area contributed by atoms with Gasteiger partial charge in [0, 0.05) is 19.9 Å². The molecule has 1 aliphatic carbocycles. The summed E-state index contributed by atoms with van der Waals surface area (Å²) in [5.41, 5.74) is -0.803. The van der Waals surface area contributed by atoms with Gasteiger partial charge in [0.15, 0.2) is 5.82 Å². The van der Waals surface area contributed by atoms with Gasteiger partial charge in [0.1, 0.15) is 17.9 Å². The van der Waals surface area contributed by atoms with Gasteiger partial charge in [-0.25, -0.2) is 9.48 Å². The van der Waals surface area contributed by atoms with Gasteiger partial charge in [0.25, 0.3) is 0 Å². The van der Waals surface area contributed by atoms with E-state index in [2.05, 4.69) is 20.6 Å². The maximum Gasteiger partial charge on any atom is 0.346 e. The van der Waals surface area contributed by atoms with Crippen molar-refractivity contribution in [3.8, 4) is 0 Å². The van der Waals surface area contributed by atoms with Crippen LogP contribution in [0.25, 0.3) is 0 Å². The fourth-order valence-electron chi connectivity index (χ4n) is 4.05. The summed E-state index contributed by atoms with van der Waals surface area (Å²) in [6.45, 7) is 2.33. The Kier molecular flexibility index (Phi) is 4.37. The highest BCUT2D eigenvalue weighted by atomic mass is 16.5. The van der Waals surface area contributed by atoms with Crippen LogP contribution in [-0.2, 0) is 29.8 Å². The maximum absolute atomic E-state index is 12.7. The topological polar surface area (TPSA) is 108 Å². The molecule has 4 rings (SSSR count). The van der Waals surface area contributed by atoms with Crippen molar-refractivity contribution < 1.29 is 9.32 Å². The second-order valence-electron chi connectivity index (χ2n) is 7.29. The van der Waals surface area contributed by atoms with Gasteiger partial charge in [-0.2, -0.15) is 10.1 Å². The summed E-state index contributed by atoms with van der Waals surface area (Å²) >= 11 is 0. The zero-order valence-corrected chi connectivity index (χ0v) is 15.0. The van der Waals surface area contributed by atoms with Gasteiger partial charge in [-0.05, 0) is 25.7 Å². The Labute approximate surface area is 150 Å². The summed E-state index contributed by atoms with van der Waals surface area (Å²) < 4.78 is 8.08. The molecule has 9 nitrogen and oxygen atoms in total. The zero-order chi connectivity index (χ0) is 18.1. The largest absolute Gasteiger partial charge is 0.346 e. The number of hydrogen-bond donors (Lipinski definition) is 1. The van der Waals surface area contributed by atoms with Crippen LogP contribution in [0.1, 0.15) is 62.5 Å². The summed E-state index contributed by atoms with van der Waals surface area (Å²) in [6, 6.07) is 0. The van der Waals surface area contributed by atoms with Crippen LogP contribution < -0.4 is 11.0 Å². The number of carbonyl (C=O) groups excluding carboxylic acids is 1. The molecule has 3 heterocycles. The van der Waals surface area contributed by atoms with Crippen molar-refractivity contribution in [2.24, 2.45) is 0 Å². The summed E-state index contributed by atoms with van der Waals surface area (Å²) in [7, 11) is 0. The van der Waals surface area contributed by atoms with Crippen LogP contribution >= 0.6 is 0 Å². The molecule has 0 spiro atoms. The number of nitrogens with zero attached hydrogens (tertiary/aromatic N) is 5. The Morgan fingerprint density at radius 3 is 2.77 bits per heavy atom. The van der Waals surface area contributed by atoms with Gasteiger partial charge in [-0.15, -0.1) is 0 Å². The Bertz CT molecular complexity index is 858. The maximum atomic E-state index is 12.7. The molecule has 0 aromatic carbocycles. The van der Waals surface area contributed by atoms with Crippen molar-refractivity contribution in [3.63, 3.8) is 0 Å². The van der Waals surface area contributed by atoms with Crippen LogP contribution in [0.2, 0.25) is 0 Å². The number of carbonyl (C=O) groups is 1. The molecule has 0 saturated heterocycles. The molecule has 0 bridgehead atoms. The Hall–Kier alpha value is -2.45. The third-order valence-corrected chi connectivity index (χ3v) is 5.37. The van der Waals surface area contributed by atoms with Crippen LogP contribution in [0, 0.1) is 6.92 Å². The number of aryl methyl sites for hydroxylation is 2. The molecule has 140 valence electrons. The van der Waals surface area contributed by atoms with E-state index < -0.39 is 5.54 Å². The monoisotopic (exact) mass is 360 g/mol. The van der Waals surface area contributed by atoms with Crippen LogP contribution in [0.3, 0.4) is 0 Å². The molecule has 2 aromatic rings. The van der Waals surface area contributed by atoms with Crippen molar-refractivity contribution in [1.29, 1.82) is 0 Å². The van der Waals surface area contributed by atoms with Gasteiger partial charge in [-0.3, -0.25) is 9.36 Å².